The number of hydrogen-bond donors (Lipinski definition) is 2. The Labute approximate surface area is 196 Å². The van der Waals surface area contributed by atoms with Crippen molar-refractivity contribution in [3.8, 4) is 5.75 Å². The van der Waals surface area contributed by atoms with Crippen molar-refractivity contribution in [1.82, 2.24) is 10.6 Å². The molecule has 172 valence electrons. The molecule has 0 bridgehead atoms. The minimum Gasteiger partial charge on any atom is -0.496 e. The van der Waals surface area contributed by atoms with Crippen LogP contribution in [0.5, 0.6) is 5.75 Å². The summed E-state index contributed by atoms with van der Waals surface area (Å²) in [4.78, 5) is 26.4. The summed E-state index contributed by atoms with van der Waals surface area (Å²) >= 11 is 0. The van der Waals surface area contributed by atoms with Crippen LogP contribution in [-0.4, -0.2) is 32.0 Å². The molecule has 2 amide bonds. The first-order valence-electron chi connectivity index (χ1n) is 11.1. The summed E-state index contributed by atoms with van der Waals surface area (Å²) in [6.45, 7) is 6.21. The van der Waals surface area contributed by atoms with Gasteiger partial charge >= 0.3 is 0 Å². The highest BCUT2D eigenvalue weighted by Gasteiger charge is 2.32. The number of methoxy groups -OCH3 is 1. The highest BCUT2D eigenvalue weighted by Crippen LogP contribution is 2.33. The van der Waals surface area contributed by atoms with Gasteiger partial charge in [0.05, 0.1) is 7.11 Å². The number of benzene rings is 3. The van der Waals surface area contributed by atoms with Crippen molar-refractivity contribution in [3.63, 3.8) is 0 Å². The molecule has 1 atom stereocenters. The summed E-state index contributed by atoms with van der Waals surface area (Å²) in [7, 11) is 3.20. The third-order valence-corrected chi connectivity index (χ3v) is 5.74. The van der Waals surface area contributed by atoms with E-state index in [0.29, 0.717) is 5.56 Å². The van der Waals surface area contributed by atoms with Crippen molar-refractivity contribution in [2.75, 3.05) is 14.2 Å². The molecular formula is C28H32N2O3. The summed E-state index contributed by atoms with van der Waals surface area (Å²) in [5.74, 6) is -0.191. The molecule has 1 unspecified atom stereocenters. The third-order valence-electron chi connectivity index (χ3n) is 5.74. The zero-order chi connectivity index (χ0) is 24.0. The van der Waals surface area contributed by atoms with Gasteiger partial charge < -0.3 is 15.4 Å². The molecule has 3 aromatic carbocycles. The lowest BCUT2D eigenvalue weighted by Crippen LogP contribution is -2.49. The molecule has 0 heterocycles. The maximum absolute atomic E-state index is 13.4. The number of nitrogens with one attached hydrogen (secondary N) is 2. The SMILES string of the molecule is CNC(=O)C(NC(=O)c1ccc(OC)c(C(C)(C)C)c1)C(c1ccccc1)c1ccccc1. The number of carbonyl (C=O) groups excluding carboxylic acids is 2. The highest BCUT2D eigenvalue weighted by molar-refractivity contribution is 5.98. The van der Waals surface area contributed by atoms with Crippen molar-refractivity contribution < 1.29 is 14.3 Å². The van der Waals surface area contributed by atoms with Crippen LogP contribution >= 0.6 is 0 Å². The molecule has 0 aliphatic heterocycles. The largest absolute Gasteiger partial charge is 0.496 e. The standard InChI is InChI=1S/C28H32N2O3/c1-28(2,3)22-18-21(16-17-23(22)33-5)26(31)30-25(27(32)29-4)24(19-12-8-6-9-13-19)20-14-10-7-11-15-20/h6-18,24-25H,1-5H3,(H,29,32)(H,30,31). The van der Waals surface area contributed by atoms with Gasteiger partial charge in [-0.1, -0.05) is 81.4 Å². The molecule has 0 fully saturated rings. The van der Waals surface area contributed by atoms with E-state index in [9.17, 15) is 9.59 Å². The molecule has 2 N–H and O–H groups in total. The van der Waals surface area contributed by atoms with Crippen LogP contribution in [-0.2, 0) is 10.2 Å². The molecule has 5 heteroatoms. The van der Waals surface area contributed by atoms with Crippen molar-refractivity contribution in [1.29, 1.82) is 0 Å². The van der Waals surface area contributed by atoms with Gasteiger partial charge in [-0.2, -0.15) is 0 Å². The molecule has 0 saturated heterocycles. The minimum absolute atomic E-state index is 0.210. The fourth-order valence-electron chi connectivity index (χ4n) is 4.01. The smallest absolute Gasteiger partial charge is 0.251 e. The monoisotopic (exact) mass is 444 g/mol. The molecule has 0 radical (unpaired) electrons. The van der Waals surface area contributed by atoms with Gasteiger partial charge in [0, 0.05) is 24.1 Å². The van der Waals surface area contributed by atoms with E-state index in [0.717, 1.165) is 22.4 Å². The zero-order valence-corrected chi connectivity index (χ0v) is 19.9. The Kier molecular flexibility index (Phi) is 7.54. The van der Waals surface area contributed by atoms with Gasteiger partial charge in [0.15, 0.2) is 0 Å². The Hall–Kier alpha value is -3.60. The van der Waals surface area contributed by atoms with Crippen LogP contribution in [0.2, 0.25) is 0 Å². The normalized spacial score (nSPS) is 12.2. The van der Waals surface area contributed by atoms with Crippen molar-refractivity contribution in [2.24, 2.45) is 0 Å². The van der Waals surface area contributed by atoms with Crippen LogP contribution in [0.15, 0.2) is 78.9 Å². The van der Waals surface area contributed by atoms with Crippen LogP contribution in [0.1, 0.15) is 53.7 Å². The summed E-state index contributed by atoms with van der Waals surface area (Å²) in [5, 5.41) is 5.73. The van der Waals surface area contributed by atoms with Crippen molar-refractivity contribution >= 4 is 11.8 Å². The first-order valence-corrected chi connectivity index (χ1v) is 11.1. The first kappa shape index (κ1) is 24.1. The van der Waals surface area contributed by atoms with Gasteiger partial charge in [0.1, 0.15) is 11.8 Å². The molecule has 0 aliphatic carbocycles. The summed E-state index contributed by atoms with van der Waals surface area (Å²) < 4.78 is 5.50. The maximum Gasteiger partial charge on any atom is 0.251 e. The molecule has 0 spiro atoms. The van der Waals surface area contributed by atoms with Crippen molar-refractivity contribution in [3.05, 3.63) is 101 Å². The quantitative estimate of drug-likeness (QED) is 0.557. The van der Waals surface area contributed by atoms with Gasteiger partial charge in [-0.05, 0) is 34.7 Å². The number of hydrogen-bond acceptors (Lipinski definition) is 3. The molecule has 3 aromatic rings. The number of rotatable bonds is 7. The first-order chi connectivity index (χ1) is 15.8. The topological polar surface area (TPSA) is 67.4 Å². The number of amides is 2. The lowest BCUT2D eigenvalue weighted by atomic mass is 9.84. The van der Waals surface area contributed by atoms with Crippen LogP contribution < -0.4 is 15.4 Å². The van der Waals surface area contributed by atoms with E-state index in [1.54, 1.807) is 26.3 Å². The average Bonchev–Trinajstić information content (AvgIpc) is 2.83. The molecule has 33 heavy (non-hydrogen) atoms. The van der Waals surface area contributed by atoms with Gasteiger partial charge in [0.2, 0.25) is 5.91 Å². The molecule has 0 saturated carbocycles. The van der Waals surface area contributed by atoms with Crippen LogP contribution in [0.4, 0.5) is 0 Å². The van der Waals surface area contributed by atoms with E-state index >= 15 is 0 Å². The molecule has 5 nitrogen and oxygen atoms in total. The fourth-order valence-corrected chi connectivity index (χ4v) is 4.01. The van der Waals surface area contributed by atoms with Gasteiger partial charge in [-0.25, -0.2) is 0 Å². The van der Waals surface area contributed by atoms with Crippen LogP contribution in [0.3, 0.4) is 0 Å². The van der Waals surface area contributed by atoms with Gasteiger partial charge in [-0.15, -0.1) is 0 Å². The second kappa shape index (κ2) is 10.3. The Morgan fingerprint density at radius 3 is 1.85 bits per heavy atom. The fraction of sp³-hybridized carbons (Fsp3) is 0.286. The highest BCUT2D eigenvalue weighted by atomic mass is 16.5. The van der Waals surface area contributed by atoms with E-state index < -0.39 is 6.04 Å². The van der Waals surface area contributed by atoms with Gasteiger partial charge in [-0.3, -0.25) is 9.59 Å². The predicted octanol–water partition coefficient (Wildman–Crippen LogP) is 4.67. The minimum atomic E-state index is -0.799. The van der Waals surface area contributed by atoms with Crippen LogP contribution in [0, 0.1) is 0 Å². The molecular weight excluding hydrogens is 412 g/mol. The molecule has 0 aromatic heterocycles. The van der Waals surface area contributed by atoms with E-state index in [1.807, 2.05) is 66.7 Å². The number of ether oxygens (including phenoxy) is 1. The predicted molar refractivity (Wildman–Crippen MR) is 132 cm³/mol. The summed E-state index contributed by atoms with van der Waals surface area (Å²) in [6.07, 6.45) is 0. The van der Waals surface area contributed by atoms with Crippen molar-refractivity contribution in [2.45, 2.75) is 38.1 Å². The second-order valence-electron chi connectivity index (χ2n) is 9.03. The average molecular weight is 445 g/mol. The van der Waals surface area contributed by atoms with E-state index in [1.165, 1.54) is 0 Å². The second-order valence-corrected chi connectivity index (χ2v) is 9.03. The Morgan fingerprint density at radius 1 is 0.848 bits per heavy atom. The van der Waals surface area contributed by atoms with Crippen LogP contribution in [0.25, 0.3) is 0 Å². The number of carbonyl (C=O) groups is 2. The van der Waals surface area contributed by atoms with E-state index in [4.69, 9.17) is 4.74 Å². The third kappa shape index (κ3) is 5.61. The zero-order valence-electron chi connectivity index (χ0n) is 19.9. The van der Waals surface area contributed by atoms with Gasteiger partial charge in [0.25, 0.3) is 5.91 Å². The van der Waals surface area contributed by atoms with E-state index in [2.05, 4.69) is 31.4 Å². The molecule has 0 aliphatic rings. The maximum atomic E-state index is 13.4. The Bertz CT molecular complexity index is 1050. The lowest BCUT2D eigenvalue weighted by molar-refractivity contribution is -0.122. The number of likely N-dealkylation sites (N-methyl/N-ethyl adjacent to an activating group) is 1. The molecule has 3 rings (SSSR count). The lowest BCUT2D eigenvalue weighted by Gasteiger charge is -2.28. The summed E-state index contributed by atoms with van der Waals surface area (Å²) in [6, 6.07) is 24.1. The Morgan fingerprint density at radius 2 is 1.39 bits per heavy atom. The van der Waals surface area contributed by atoms with E-state index in [-0.39, 0.29) is 23.1 Å². The summed E-state index contributed by atoms with van der Waals surface area (Å²) in [5.41, 5.74) is 3.09. The Balaban J connectivity index is 2.03.